The van der Waals surface area contributed by atoms with Crippen molar-refractivity contribution in [2.45, 2.75) is 4.90 Å². The summed E-state index contributed by atoms with van der Waals surface area (Å²) in [6, 6.07) is 19.4. The zero-order valence-corrected chi connectivity index (χ0v) is 16.1. The number of rotatable bonds is 3. The molecular formula is C21H14FNO3S2. The maximum absolute atomic E-state index is 13.4. The van der Waals surface area contributed by atoms with Crippen LogP contribution in [-0.2, 0) is 10.0 Å². The zero-order valence-electron chi connectivity index (χ0n) is 14.4. The summed E-state index contributed by atoms with van der Waals surface area (Å²) in [5, 5.41) is 5.94. The fraction of sp³-hybridized carbons (Fsp3) is 0. The monoisotopic (exact) mass is 411 g/mol. The second-order valence-electron chi connectivity index (χ2n) is 6.21. The number of fused-ring (bicyclic) bond motifs is 1. The van der Waals surface area contributed by atoms with E-state index in [1.54, 1.807) is 24.3 Å². The second-order valence-corrected chi connectivity index (χ2v) is 8.18. The van der Waals surface area contributed by atoms with E-state index in [9.17, 15) is 12.8 Å². The maximum Gasteiger partial charge on any atom is 0.238 e. The fourth-order valence-electron chi connectivity index (χ4n) is 3.02. The van der Waals surface area contributed by atoms with Crippen LogP contribution in [0.25, 0.3) is 33.4 Å². The van der Waals surface area contributed by atoms with Crippen molar-refractivity contribution < 1.29 is 17.2 Å². The molecule has 0 radical (unpaired) electrons. The number of primary sulfonamides is 1. The predicted octanol–water partition coefficient (Wildman–Crippen LogP) is 5.28. The minimum Gasteiger partial charge on any atom is -0.455 e. The zero-order chi connectivity index (χ0) is 19.9. The third-order valence-corrected chi connectivity index (χ3v) is 5.73. The van der Waals surface area contributed by atoms with Crippen LogP contribution >= 0.6 is 12.2 Å². The summed E-state index contributed by atoms with van der Waals surface area (Å²) in [4.78, 5) is -0.000955. The van der Waals surface area contributed by atoms with Gasteiger partial charge in [-0.15, -0.1) is 0 Å². The first-order chi connectivity index (χ1) is 13.3. The molecule has 4 rings (SSSR count). The highest BCUT2D eigenvalue weighted by Gasteiger charge is 2.17. The molecule has 1 heterocycles. The molecule has 0 saturated carbocycles. The Morgan fingerprint density at radius 1 is 0.857 bits per heavy atom. The van der Waals surface area contributed by atoms with Gasteiger partial charge in [0.15, 0.2) is 0 Å². The highest BCUT2D eigenvalue weighted by atomic mass is 32.2. The van der Waals surface area contributed by atoms with Crippen LogP contribution in [0.2, 0.25) is 0 Å². The first-order valence-corrected chi connectivity index (χ1v) is 10.2. The summed E-state index contributed by atoms with van der Waals surface area (Å²) in [7, 11) is -3.80. The molecule has 1 aromatic heterocycles. The van der Waals surface area contributed by atoms with Crippen LogP contribution in [-0.4, -0.2) is 8.42 Å². The number of nitrogens with two attached hydrogens (primary N) is 1. The smallest absolute Gasteiger partial charge is 0.238 e. The van der Waals surface area contributed by atoms with Crippen molar-refractivity contribution in [3.63, 3.8) is 0 Å². The van der Waals surface area contributed by atoms with Gasteiger partial charge in [0.2, 0.25) is 10.0 Å². The molecule has 0 spiro atoms. The second kappa shape index (κ2) is 6.94. The highest BCUT2D eigenvalue weighted by molar-refractivity contribution is 7.89. The van der Waals surface area contributed by atoms with Crippen LogP contribution in [0, 0.1) is 10.3 Å². The van der Waals surface area contributed by atoms with Crippen molar-refractivity contribution in [1.29, 1.82) is 0 Å². The lowest BCUT2D eigenvalue weighted by Crippen LogP contribution is -2.11. The number of hydrogen-bond acceptors (Lipinski definition) is 4. The summed E-state index contributed by atoms with van der Waals surface area (Å²) in [5.41, 5.74) is 2.57. The number of sulfonamides is 1. The first-order valence-electron chi connectivity index (χ1n) is 8.29. The van der Waals surface area contributed by atoms with Crippen LogP contribution in [0.15, 0.2) is 82.1 Å². The summed E-state index contributed by atoms with van der Waals surface area (Å²) >= 11 is 5.71. The van der Waals surface area contributed by atoms with E-state index in [1.807, 2.05) is 24.3 Å². The molecule has 0 aliphatic heterocycles. The molecule has 0 atom stereocenters. The van der Waals surface area contributed by atoms with E-state index < -0.39 is 10.0 Å². The molecule has 0 aliphatic carbocycles. The molecule has 0 bridgehead atoms. The number of benzene rings is 3. The Kier molecular flexibility index (Phi) is 4.58. The molecule has 0 fully saturated rings. The topological polar surface area (TPSA) is 73.3 Å². The van der Waals surface area contributed by atoms with Gasteiger partial charge < -0.3 is 4.42 Å². The average Bonchev–Trinajstić information content (AvgIpc) is 2.68. The van der Waals surface area contributed by atoms with Gasteiger partial charge in [0.05, 0.1) is 9.41 Å². The lowest BCUT2D eigenvalue weighted by atomic mass is 9.99. The van der Waals surface area contributed by atoms with Gasteiger partial charge >= 0.3 is 0 Å². The Hall–Kier alpha value is -2.87. The van der Waals surface area contributed by atoms with Gasteiger partial charge in [0.1, 0.15) is 17.2 Å². The molecule has 140 valence electrons. The lowest BCUT2D eigenvalue weighted by Gasteiger charge is -2.12. The van der Waals surface area contributed by atoms with Crippen LogP contribution in [0.3, 0.4) is 0 Å². The van der Waals surface area contributed by atoms with E-state index >= 15 is 0 Å². The molecule has 4 nitrogen and oxygen atoms in total. The Morgan fingerprint density at radius 2 is 1.46 bits per heavy atom. The third kappa shape index (κ3) is 3.35. The van der Waals surface area contributed by atoms with E-state index in [0.29, 0.717) is 32.5 Å². The standard InChI is InChI=1S/C21H14FNO3S2/c22-15-9-5-13(6-10-15)19-20(14-7-11-16(12-8-14)28(23,24)25)26-18-4-2-1-3-17(18)21(19)27/h1-12H,(H2,23,24,25). The third-order valence-electron chi connectivity index (χ3n) is 4.38. The summed E-state index contributed by atoms with van der Waals surface area (Å²) in [6.07, 6.45) is 0. The van der Waals surface area contributed by atoms with Gasteiger partial charge in [-0.1, -0.05) is 36.5 Å². The van der Waals surface area contributed by atoms with Crippen LogP contribution in [0.5, 0.6) is 0 Å². The van der Waals surface area contributed by atoms with E-state index in [1.165, 1.54) is 24.3 Å². The molecule has 4 aromatic rings. The Morgan fingerprint density at radius 3 is 2.11 bits per heavy atom. The van der Waals surface area contributed by atoms with E-state index in [4.69, 9.17) is 21.8 Å². The van der Waals surface area contributed by atoms with Crippen LogP contribution in [0.4, 0.5) is 4.39 Å². The minimum atomic E-state index is -3.80. The van der Waals surface area contributed by atoms with Crippen molar-refractivity contribution in [3.05, 3.63) is 83.1 Å². The summed E-state index contributed by atoms with van der Waals surface area (Å²) in [6.45, 7) is 0. The molecule has 3 aromatic carbocycles. The number of para-hydroxylation sites is 1. The lowest BCUT2D eigenvalue weighted by molar-refractivity contribution is 0.597. The van der Waals surface area contributed by atoms with Crippen molar-refractivity contribution in [2.24, 2.45) is 5.14 Å². The first kappa shape index (κ1) is 18.5. The van der Waals surface area contributed by atoms with Gasteiger partial charge in [-0.3, -0.25) is 0 Å². The van der Waals surface area contributed by atoms with E-state index in [0.717, 1.165) is 5.39 Å². The largest absolute Gasteiger partial charge is 0.455 e. The Balaban J connectivity index is 2.03. The van der Waals surface area contributed by atoms with E-state index in [-0.39, 0.29) is 10.7 Å². The molecule has 0 aliphatic rings. The molecule has 0 saturated heterocycles. The van der Waals surface area contributed by atoms with Gasteiger partial charge in [0, 0.05) is 16.5 Å². The number of halogens is 1. The van der Waals surface area contributed by atoms with Gasteiger partial charge in [-0.2, -0.15) is 0 Å². The van der Waals surface area contributed by atoms with Gasteiger partial charge in [-0.05, 0) is 54.1 Å². The van der Waals surface area contributed by atoms with Crippen molar-refractivity contribution in [1.82, 2.24) is 0 Å². The fourth-order valence-corrected chi connectivity index (χ4v) is 3.91. The predicted molar refractivity (Wildman–Crippen MR) is 109 cm³/mol. The summed E-state index contributed by atoms with van der Waals surface area (Å²) < 4.78 is 43.2. The molecule has 0 unspecified atom stereocenters. The van der Waals surface area contributed by atoms with E-state index in [2.05, 4.69) is 0 Å². The number of hydrogen-bond donors (Lipinski definition) is 1. The molecule has 0 amide bonds. The Labute approximate surface area is 166 Å². The quantitative estimate of drug-likeness (QED) is 0.465. The van der Waals surface area contributed by atoms with Crippen LogP contribution in [0.1, 0.15) is 0 Å². The van der Waals surface area contributed by atoms with Crippen molar-refractivity contribution in [3.8, 4) is 22.5 Å². The minimum absolute atomic E-state index is 0.000955. The molecule has 2 N–H and O–H groups in total. The van der Waals surface area contributed by atoms with Crippen molar-refractivity contribution in [2.75, 3.05) is 0 Å². The van der Waals surface area contributed by atoms with Crippen molar-refractivity contribution >= 4 is 33.2 Å². The van der Waals surface area contributed by atoms with Crippen LogP contribution < -0.4 is 5.14 Å². The maximum atomic E-state index is 13.4. The normalized spacial score (nSPS) is 11.6. The molecule has 28 heavy (non-hydrogen) atoms. The average molecular weight is 411 g/mol. The summed E-state index contributed by atoms with van der Waals surface area (Å²) in [5.74, 6) is 0.114. The highest BCUT2D eigenvalue weighted by Crippen LogP contribution is 2.37. The molecule has 7 heteroatoms. The van der Waals surface area contributed by atoms with Gasteiger partial charge in [-0.25, -0.2) is 17.9 Å². The van der Waals surface area contributed by atoms with Gasteiger partial charge in [0.25, 0.3) is 0 Å². The Bertz CT molecular complexity index is 1340. The SMILES string of the molecule is NS(=O)(=O)c1ccc(-c2oc3ccccc3c(=S)c2-c2ccc(F)cc2)cc1. The molecular weight excluding hydrogens is 397 g/mol.